The van der Waals surface area contributed by atoms with Gasteiger partial charge in [-0.05, 0) is 32.9 Å². The van der Waals surface area contributed by atoms with Crippen LogP contribution < -0.4 is 5.32 Å². The molecule has 1 atom stereocenters. The van der Waals surface area contributed by atoms with E-state index in [1.54, 1.807) is 20.8 Å². The van der Waals surface area contributed by atoms with Crippen LogP contribution in [0.3, 0.4) is 0 Å². The van der Waals surface area contributed by atoms with E-state index < -0.39 is 29.4 Å². The zero-order chi connectivity index (χ0) is 16.5. The van der Waals surface area contributed by atoms with Crippen LogP contribution >= 0.6 is 11.6 Å². The van der Waals surface area contributed by atoms with Gasteiger partial charge in [-0.15, -0.1) is 0 Å². The number of halogens is 3. The van der Waals surface area contributed by atoms with Gasteiger partial charge in [-0.1, -0.05) is 11.6 Å². The number of ether oxygens (including phenoxy) is 1. The van der Waals surface area contributed by atoms with Crippen molar-refractivity contribution in [3.63, 3.8) is 0 Å². The van der Waals surface area contributed by atoms with Crippen molar-refractivity contribution in [2.45, 2.75) is 32.4 Å². The van der Waals surface area contributed by atoms with Crippen molar-refractivity contribution in [3.8, 4) is 0 Å². The molecular weight excluding hydrogens is 314 g/mol. The third-order valence-electron chi connectivity index (χ3n) is 3.26. The van der Waals surface area contributed by atoms with Crippen molar-refractivity contribution in [3.05, 3.63) is 34.4 Å². The number of rotatable bonds is 1. The van der Waals surface area contributed by atoms with Gasteiger partial charge in [0.05, 0.1) is 11.1 Å². The number of benzene rings is 1. The number of piperazine rings is 1. The molecule has 1 saturated heterocycles. The Morgan fingerprint density at radius 1 is 1.36 bits per heavy atom. The summed E-state index contributed by atoms with van der Waals surface area (Å²) in [6.45, 7) is 6.35. The van der Waals surface area contributed by atoms with Gasteiger partial charge in [0, 0.05) is 25.2 Å². The fourth-order valence-corrected chi connectivity index (χ4v) is 2.58. The summed E-state index contributed by atoms with van der Waals surface area (Å²) in [6, 6.07) is 1.43. The molecule has 0 aliphatic carbocycles. The van der Waals surface area contributed by atoms with Crippen LogP contribution in [-0.2, 0) is 4.74 Å². The summed E-state index contributed by atoms with van der Waals surface area (Å²) in [5.74, 6) is -1.29. The van der Waals surface area contributed by atoms with Crippen molar-refractivity contribution in [2.75, 3.05) is 19.6 Å². The Kier molecular flexibility index (Phi) is 4.92. The minimum atomic E-state index is -0.686. The molecule has 2 rings (SSSR count). The smallest absolute Gasteiger partial charge is 0.410 e. The minimum Gasteiger partial charge on any atom is -0.444 e. The van der Waals surface area contributed by atoms with E-state index >= 15 is 0 Å². The van der Waals surface area contributed by atoms with Crippen LogP contribution in [0.2, 0.25) is 5.02 Å². The van der Waals surface area contributed by atoms with Crippen LogP contribution in [0.1, 0.15) is 32.4 Å². The fourth-order valence-electron chi connectivity index (χ4n) is 2.30. The summed E-state index contributed by atoms with van der Waals surface area (Å²) in [5, 5.41) is 2.79. The molecule has 1 aromatic rings. The highest BCUT2D eigenvalue weighted by Gasteiger charge is 2.31. The van der Waals surface area contributed by atoms with Crippen molar-refractivity contribution < 1.29 is 18.3 Å². The lowest BCUT2D eigenvalue weighted by molar-refractivity contribution is 0.0193. The Morgan fingerprint density at radius 3 is 2.64 bits per heavy atom. The van der Waals surface area contributed by atoms with Crippen molar-refractivity contribution in [1.82, 2.24) is 10.2 Å². The van der Waals surface area contributed by atoms with Gasteiger partial charge in [-0.3, -0.25) is 0 Å². The Morgan fingerprint density at radius 2 is 2.00 bits per heavy atom. The van der Waals surface area contributed by atoms with Crippen LogP contribution in [0.15, 0.2) is 12.1 Å². The Labute approximate surface area is 133 Å². The third kappa shape index (κ3) is 3.87. The van der Waals surface area contributed by atoms with Crippen molar-refractivity contribution in [1.29, 1.82) is 0 Å². The molecule has 0 radical (unpaired) electrons. The number of amides is 1. The molecule has 0 bridgehead atoms. The number of hydrogen-bond donors (Lipinski definition) is 1. The quantitative estimate of drug-likeness (QED) is 0.800. The molecule has 1 N–H and O–H groups in total. The molecule has 4 nitrogen and oxygen atoms in total. The van der Waals surface area contributed by atoms with E-state index in [0.29, 0.717) is 13.1 Å². The van der Waals surface area contributed by atoms with E-state index in [1.165, 1.54) is 4.90 Å². The fraction of sp³-hybridized carbons (Fsp3) is 0.533. The molecule has 1 aromatic carbocycles. The molecule has 122 valence electrons. The summed E-state index contributed by atoms with van der Waals surface area (Å²) in [7, 11) is 0. The average Bonchev–Trinajstić information content (AvgIpc) is 2.42. The predicted molar refractivity (Wildman–Crippen MR) is 79.9 cm³/mol. The van der Waals surface area contributed by atoms with Gasteiger partial charge in [-0.25, -0.2) is 13.6 Å². The van der Waals surface area contributed by atoms with Gasteiger partial charge in [0.2, 0.25) is 0 Å². The summed E-state index contributed by atoms with van der Waals surface area (Å²) >= 11 is 5.88. The predicted octanol–water partition coefficient (Wildman–Crippen LogP) is 3.50. The first-order valence-corrected chi connectivity index (χ1v) is 7.41. The van der Waals surface area contributed by atoms with Crippen LogP contribution in [0, 0.1) is 11.6 Å². The van der Waals surface area contributed by atoms with Gasteiger partial charge < -0.3 is 15.0 Å². The van der Waals surface area contributed by atoms with Crippen LogP contribution in [0.5, 0.6) is 0 Å². The highest BCUT2D eigenvalue weighted by atomic mass is 35.5. The highest BCUT2D eigenvalue weighted by Crippen LogP contribution is 2.30. The van der Waals surface area contributed by atoms with E-state index in [-0.39, 0.29) is 17.1 Å². The normalized spacial score (nSPS) is 19.2. The van der Waals surface area contributed by atoms with E-state index in [4.69, 9.17) is 16.3 Å². The monoisotopic (exact) mass is 332 g/mol. The van der Waals surface area contributed by atoms with Gasteiger partial charge in [0.25, 0.3) is 0 Å². The largest absolute Gasteiger partial charge is 0.444 e. The lowest BCUT2D eigenvalue weighted by Gasteiger charge is -2.35. The maximum Gasteiger partial charge on any atom is 0.410 e. The SMILES string of the molecule is CC(C)(C)OC(=O)N1CCNC(c2c(F)ccc(F)c2Cl)C1. The summed E-state index contributed by atoms with van der Waals surface area (Å²) in [4.78, 5) is 13.6. The molecule has 1 heterocycles. The molecule has 0 aromatic heterocycles. The number of carbonyl (C=O) groups is 1. The summed E-state index contributed by atoms with van der Waals surface area (Å²) in [6.07, 6.45) is -0.480. The molecule has 1 aliphatic rings. The van der Waals surface area contributed by atoms with Crippen LogP contribution in [0.4, 0.5) is 13.6 Å². The molecule has 1 fully saturated rings. The number of nitrogens with zero attached hydrogens (tertiary/aromatic N) is 1. The van der Waals surface area contributed by atoms with Crippen LogP contribution in [-0.4, -0.2) is 36.2 Å². The number of carbonyl (C=O) groups excluding carboxylic acids is 1. The molecule has 1 aliphatic heterocycles. The van der Waals surface area contributed by atoms with Gasteiger partial charge in [0.15, 0.2) is 0 Å². The van der Waals surface area contributed by atoms with E-state index in [1.807, 2.05) is 0 Å². The molecule has 7 heteroatoms. The van der Waals surface area contributed by atoms with Gasteiger partial charge >= 0.3 is 6.09 Å². The molecule has 1 unspecified atom stereocenters. The maximum atomic E-state index is 14.0. The van der Waals surface area contributed by atoms with Gasteiger partial charge in [0.1, 0.15) is 17.2 Å². The van der Waals surface area contributed by atoms with Crippen molar-refractivity contribution in [2.24, 2.45) is 0 Å². The number of nitrogens with one attached hydrogen (secondary N) is 1. The zero-order valence-corrected chi connectivity index (χ0v) is 13.5. The van der Waals surface area contributed by atoms with E-state index in [9.17, 15) is 13.6 Å². The van der Waals surface area contributed by atoms with E-state index in [2.05, 4.69) is 5.32 Å². The first-order valence-electron chi connectivity index (χ1n) is 7.04. The summed E-state index contributed by atoms with van der Waals surface area (Å²) in [5.41, 5.74) is -0.575. The highest BCUT2D eigenvalue weighted by molar-refractivity contribution is 6.31. The summed E-state index contributed by atoms with van der Waals surface area (Å²) < 4.78 is 32.9. The maximum absolute atomic E-state index is 14.0. The first-order chi connectivity index (χ1) is 10.2. The second kappa shape index (κ2) is 6.38. The molecule has 1 amide bonds. The molecule has 0 spiro atoms. The minimum absolute atomic E-state index is 0.0370. The molecule has 0 saturated carbocycles. The Hall–Kier alpha value is -1.40. The Bertz CT molecular complexity index is 575. The molecule has 22 heavy (non-hydrogen) atoms. The first kappa shape index (κ1) is 17.0. The average molecular weight is 333 g/mol. The van der Waals surface area contributed by atoms with Crippen molar-refractivity contribution >= 4 is 17.7 Å². The number of hydrogen-bond acceptors (Lipinski definition) is 3. The molecular formula is C15H19ClF2N2O2. The lowest BCUT2D eigenvalue weighted by atomic mass is 10.0. The second-order valence-corrected chi connectivity index (χ2v) is 6.57. The van der Waals surface area contributed by atoms with Crippen LogP contribution in [0.25, 0.3) is 0 Å². The Balaban J connectivity index is 2.18. The van der Waals surface area contributed by atoms with Gasteiger partial charge in [-0.2, -0.15) is 0 Å². The topological polar surface area (TPSA) is 41.6 Å². The second-order valence-electron chi connectivity index (χ2n) is 6.19. The standard InChI is InChI=1S/C15H19ClF2N2O2/c1-15(2,3)22-14(21)20-7-6-19-11(8-20)12-9(17)4-5-10(18)13(12)16/h4-5,11,19H,6-8H2,1-3H3. The van der Waals surface area contributed by atoms with E-state index in [0.717, 1.165) is 12.1 Å². The lowest BCUT2D eigenvalue weighted by Crippen LogP contribution is -2.50. The zero-order valence-electron chi connectivity index (χ0n) is 12.8. The third-order valence-corrected chi connectivity index (χ3v) is 3.64.